The number of nitrogens with one attached hydrogen (secondary N) is 1. The Hall–Kier alpha value is -1.20. The van der Waals surface area contributed by atoms with Gasteiger partial charge in [-0.3, -0.25) is 9.88 Å². The van der Waals surface area contributed by atoms with Crippen LogP contribution in [0.4, 0.5) is 5.82 Å². The van der Waals surface area contributed by atoms with Crippen LogP contribution < -0.4 is 10.2 Å². The molecule has 0 spiro atoms. The van der Waals surface area contributed by atoms with E-state index in [1.54, 1.807) is 0 Å². The predicted molar refractivity (Wildman–Crippen MR) is 85.5 cm³/mol. The van der Waals surface area contributed by atoms with Crippen LogP contribution >= 0.6 is 0 Å². The molecule has 5 nitrogen and oxygen atoms in total. The van der Waals surface area contributed by atoms with Gasteiger partial charge in [0.1, 0.15) is 5.82 Å². The van der Waals surface area contributed by atoms with Gasteiger partial charge in [-0.25, -0.2) is 4.98 Å². The van der Waals surface area contributed by atoms with Gasteiger partial charge < -0.3 is 10.2 Å². The van der Waals surface area contributed by atoms with E-state index in [-0.39, 0.29) is 0 Å². The predicted octanol–water partition coefficient (Wildman–Crippen LogP) is 1.65. The smallest absolute Gasteiger partial charge is 0.147 e. The second kappa shape index (κ2) is 7.18. The summed E-state index contributed by atoms with van der Waals surface area (Å²) in [6.45, 7) is 8.82. The minimum absolute atomic E-state index is 0.719. The average molecular weight is 289 g/mol. The fourth-order valence-electron chi connectivity index (χ4n) is 3.38. The maximum Gasteiger partial charge on any atom is 0.147 e. The number of nitrogens with zero attached hydrogens (tertiary/aromatic N) is 4. The van der Waals surface area contributed by atoms with E-state index in [1.165, 1.54) is 32.4 Å². The van der Waals surface area contributed by atoms with Crippen molar-refractivity contribution in [1.29, 1.82) is 0 Å². The van der Waals surface area contributed by atoms with Gasteiger partial charge in [0.15, 0.2) is 0 Å². The molecule has 2 fully saturated rings. The third-order valence-electron chi connectivity index (χ3n) is 4.55. The molecule has 1 unspecified atom stereocenters. The van der Waals surface area contributed by atoms with Crippen molar-refractivity contribution in [3.8, 4) is 0 Å². The van der Waals surface area contributed by atoms with E-state index >= 15 is 0 Å². The van der Waals surface area contributed by atoms with Crippen molar-refractivity contribution in [2.24, 2.45) is 0 Å². The van der Waals surface area contributed by atoms with Crippen LogP contribution in [-0.4, -0.2) is 53.6 Å². The lowest BCUT2D eigenvalue weighted by Gasteiger charge is -2.24. The SMILES string of the molecule is CCCNCc1cncc(N2CCC(N3CCCC3)C2)n1. The zero-order valence-corrected chi connectivity index (χ0v) is 13.1. The Balaban J connectivity index is 1.57. The number of likely N-dealkylation sites (tertiary alicyclic amines) is 1. The maximum absolute atomic E-state index is 4.77. The fourth-order valence-corrected chi connectivity index (χ4v) is 3.38. The minimum atomic E-state index is 0.719. The van der Waals surface area contributed by atoms with Crippen molar-refractivity contribution in [3.63, 3.8) is 0 Å². The van der Waals surface area contributed by atoms with Crippen LogP contribution in [-0.2, 0) is 6.54 Å². The average Bonchev–Trinajstić information content (AvgIpc) is 3.19. The molecule has 3 rings (SSSR count). The summed E-state index contributed by atoms with van der Waals surface area (Å²) < 4.78 is 0. The third-order valence-corrected chi connectivity index (χ3v) is 4.55. The summed E-state index contributed by atoms with van der Waals surface area (Å²) in [5.74, 6) is 1.05. The number of hydrogen-bond acceptors (Lipinski definition) is 5. The van der Waals surface area contributed by atoms with E-state index in [1.807, 2.05) is 12.4 Å². The standard InChI is InChI=1S/C16H27N5/c1-2-6-17-10-14-11-18-12-16(19-14)21-9-5-15(13-21)20-7-3-4-8-20/h11-12,15,17H,2-10,13H2,1H3. The molecule has 0 saturated carbocycles. The second-order valence-corrected chi connectivity index (χ2v) is 6.18. The Bertz CT molecular complexity index is 444. The summed E-state index contributed by atoms with van der Waals surface area (Å²) in [5, 5.41) is 3.39. The van der Waals surface area contributed by atoms with E-state index in [0.717, 1.165) is 50.2 Å². The summed E-state index contributed by atoms with van der Waals surface area (Å²) >= 11 is 0. The summed E-state index contributed by atoms with van der Waals surface area (Å²) in [5.41, 5.74) is 1.05. The molecule has 1 N–H and O–H groups in total. The topological polar surface area (TPSA) is 44.3 Å². The monoisotopic (exact) mass is 289 g/mol. The highest BCUT2D eigenvalue weighted by atomic mass is 15.3. The third kappa shape index (κ3) is 3.71. The van der Waals surface area contributed by atoms with Gasteiger partial charge in [0.2, 0.25) is 0 Å². The molecule has 0 aromatic carbocycles. The van der Waals surface area contributed by atoms with Gasteiger partial charge in [0.05, 0.1) is 11.9 Å². The highest BCUT2D eigenvalue weighted by Gasteiger charge is 2.29. The van der Waals surface area contributed by atoms with E-state index in [9.17, 15) is 0 Å². The van der Waals surface area contributed by atoms with Crippen molar-refractivity contribution in [2.45, 2.75) is 45.2 Å². The molecule has 0 bridgehead atoms. The summed E-state index contributed by atoms with van der Waals surface area (Å²) in [6.07, 6.45) is 8.94. The zero-order chi connectivity index (χ0) is 14.5. The first-order valence-electron chi connectivity index (χ1n) is 8.37. The lowest BCUT2D eigenvalue weighted by Crippen LogP contribution is -2.35. The molecule has 1 atom stereocenters. The molecular formula is C16H27N5. The minimum Gasteiger partial charge on any atom is -0.354 e. The molecule has 116 valence electrons. The Morgan fingerprint density at radius 3 is 2.90 bits per heavy atom. The number of anilines is 1. The van der Waals surface area contributed by atoms with Crippen LogP contribution in [0.3, 0.4) is 0 Å². The molecule has 2 aliphatic heterocycles. The highest BCUT2D eigenvalue weighted by Crippen LogP contribution is 2.23. The van der Waals surface area contributed by atoms with Crippen LogP contribution in [0.5, 0.6) is 0 Å². The van der Waals surface area contributed by atoms with Crippen LogP contribution in [0.15, 0.2) is 12.4 Å². The molecule has 0 radical (unpaired) electrons. The van der Waals surface area contributed by atoms with Gasteiger partial charge in [-0.2, -0.15) is 0 Å². The van der Waals surface area contributed by atoms with E-state index in [0.29, 0.717) is 0 Å². The normalized spacial score (nSPS) is 23.1. The number of rotatable bonds is 6. The molecule has 5 heteroatoms. The molecule has 3 heterocycles. The Morgan fingerprint density at radius 2 is 2.10 bits per heavy atom. The lowest BCUT2D eigenvalue weighted by atomic mass is 10.2. The van der Waals surface area contributed by atoms with Gasteiger partial charge >= 0.3 is 0 Å². The first-order chi connectivity index (χ1) is 10.4. The summed E-state index contributed by atoms with van der Waals surface area (Å²) in [4.78, 5) is 14.2. The summed E-state index contributed by atoms with van der Waals surface area (Å²) in [6, 6.07) is 0.719. The molecule has 2 aliphatic rings. The van der Waals surface area contributed by atoms with Crippen molar-refractivity contribution in [3.05, 3.63) is 18.1 Å². The van der Waals surface area contributed by atoms with Gasteiger partial charge in [-0.1, -0.05) is 6.92 Å². The Morgan fingerprint density at radius 1 is 1.24 bits per heavy atom. The second-order valence-electron chi connectivity index (χ2n) is 6.18. The summed E-state index contributed by atoms with van der Waals surface area (Å²) in [7, 11) is 0. The van der Waals surface area contributed by atoms with Crippen molar-refractivity contribution in [1.82, 2.24) is 20.2 Å². The van der Waals surface area contributed by atoms with Gasteiger partial charge in [-0.05, 0) is 45.3 Å². The Labute approximate surface area is 127 Å². The van der Waals surface area contributed by atoms with Gasteiger partial charge in [-0.15, -0.1) is 0 Å². The van der Waals surface area contributed by atoms with Crippen LogP contribution in [0.2, 0.25) is 0 Å². The number of hydrogen-bond donors (Lipinski definition) is 1. The highest BCUT2D eigenvalue weighted by molar-refractivity contribution is 5.38. The van der Waals surface area contributed by atoms with Crippen molar-refractivity contribution in [2.75, 3.05) is 37.6 Å². The first kappa shape index (κ1) is 14.7. The van der Waals surface area contributed by atoms with Crippen LogP contribution in [0.25, 0.3) is 0 Å². The maximum atomic E-state index is 4.77. The molecule has 21 heavy (non-hydrogen) atoms. The Kier molecular flexibility index (Phi) is 5.04. The van der Waals surface area contributed by atoms with Crippen LogP contribution in [0, 0.1) is 0 Å². The lowest BCUT2D eigenvalue weighted by molar-refractivity contribution is 0.260. The zero-order valence-electron chi connectivity index (χ0n) is 13.1. The van der Waals surface area contributed by atoms with E-state index < -0.39 is 0 Å². The number of aromatic nitrogens is 2. The largest absolute Gasteiger partial charge is 0.354 e. The molecule has 0 aliphatic carbocycles. The van der Waals surface area contributed by atoms with Crippen LogP contribution in [0.1, 0.15) is 38.3 Å². The molecule has 0 amide bonds. The first-order valence-corrected chi connectivity index (χ1v) is 8.37. The van der Waals surface area contributed by atoms with Crippen molar-refractivity contribution < 1.29 is 0 Å². The molecule has 1 aromatic rings. The van der Waals surface area contributed by atoms with Crippen molar-refractivity contribution >= 4 is 5.82 Å². The van der Waals surface area contributed by atoms with Gasteiger partial charge in [0, 0.05) is 31.9 Å². The molecular weight excluding hydrogens is 262 g/mol. The fraction of sp³-hybridized carbons (Fsp3) is 0.750. The van der Waals surface area contributed by atoms with Gasteiger partial charge in [0.25, 0.3) is 0 Å². The van der Waals surface area contributed by atoms with E-state index in [4.69, 9.17) is 4.98 Å². The molecule has 2 saturated heterocycles. The molecule has 1 aromatic heterocycles. The van der Waals surface area contributed by atoms with E-state index in [2.05, 4.69) is 27.0 Å². The quantitative estimate of drug-likeness (QED) is 0.807.